The third-order valence-corrected chi connectivity index (χ3v) is 4.27. The smallest absolute Gasteiger partial charge is 0.163 e. The summed E-state index contributed by atoms with van der Waals surface area (Å²) in [6.45, 7) is 2.69. The van der Waals surface area contributed by atoms with Gasteiger partial charge in [-0.1, -0.05) is 30.3 Å². The highest BCUT2D eigenvalue weighted by Gasteiger charge is 2.16. The van der Waals surface area contributed by atoms with Gasteiger partial charge in [0.2, 0.25) is 0 Å². The van der Waals surface area contributed by atoms with Gasteiger partial charge in [-0.25, -0.2) is 18.7 Å². The number of hydrogen-bond acceptors (Lipinski definition) is 5. The van der Waals surface area contributed by atoms with Crippen molar-refractivity contribution in [2.24, 2.45) is 0 Å². The number of halogens is 2. The minimum absolute atomic E-state index is 0.155. The van der Waals surface area contributed by atoms with Crippen molar-refractivity contribution in [1.82, 2.24) is 9.97 Å². The summed E-state index contributed by atoms with van der Waals surface area (Å²) in [4.78, 5) is 11.3. The molecule has 0 bridgehead atoms. The van der Waals surface area contributed by atoms with Gasteiger partial charge in [0.25, 0.3) is 0 Å². The third-order valence-electron chi connectivity index (χ3n) is 4.27. The first kappa shape index (κ1) is 17.4. The largest absolute Gasteiger partial charge is 0.378 e. The molecule has 1 N–H and O–H groups in total. The molecule has 7 heteroatoms. The molecule has 1 aliphatic rings. The topological polar surface area (TPSA) is 50.3 Å². The number of nitrogens with one attached hydrogen (secondary N) is 1. The fourth-order valence-corrected chi connectivity index (χ4v) is 2.90. The third kappa shape index (κ3) is 4.03. The van der Waals surface area contributed by atoms with Gasteiger partial charge in [0, 0.05) is 30.8 Å². The Hall–Kier alpha value is -3.06. The summed E-state index contributed by atoms with van der Waals surface area (Å²) in [5.41, 5.74) is 1.01. The summed E-state index contributed by atoms with van der Waals surface area (Å²) in [7, 11) is 0. The van der Waals surface area contributed by atoms with Crippen LogP contribution in [0.25, 0.3) is 11.4 Å². The number of ether oxygens (including phenoxy) is 1. The van der Waals surface area contributed by atoms with Crippen LogP contribution in [-0.4, -0.2) is 36.3 Å². The molecule has 27 heavy (non-hydrogen) atoms. The van der Waals surface area contributed by atoms with Crippen molar-refractivity contribution >= 4 is 17.3 Å². The molecule has 1 aromatic heterocycles. The van der Waals surface area contributed by atoms with Crippen LogP contribution >= 0.6 is 0 Å². The number of aromatic nitrogens is 2. The molecule has 0 radical (unpaired) electrons. The van der Waals surface area contributed by atoms with Gasteiger partial charge in [-0.3, -0.25) is 0 Å². The molecule has 5 nitrogen and oxygen atoms in total. The first-order valence-electron chi connectivity index (χ1n) is 8.68. The van der Waals surface area contributed by atoms with Crippen molar-refractivity contribution in [1.29, 1.82) is 0 Å². The number of rotatable bonds is 4. The van der Waals surface area contributed by atoms with Crippen molar-refractivity contribution < 1.29 is 13.5 Å². The molecule has 1 aliphatic heterocycles. The Bertz CT molecular complexity index is 931. The van der Waals surface area contributed by atoms with Crippen molar-refractivity contribution in [3.05, 3.63) is 66.2 Å². The van der Waals surface area contributed by atoms with Gasteiger partial charge in [0.05, 0.1) is 18.9 Å². The summed E-state index contributed by atoms with van der Waals surface area (Å²) < 4.78 is 32.6. The average molecular weight is 368 g/mol. The van der Waals surface area contributed by atoms with E-state index < -0.39 is 11.6 Å². The number of hydrogen-bond donors (Lipinski definition) is 1. The Morgan fingerprint density at radius 1 is 0.926 bits per heavy atom. The second-order valence-corrected chi connectivity index (χ2v) is 6.15. The van der Waals surface area contributed by atoms with Crippen molar-refractivity contribution in [2.45, 2.75) is 0 Å². The molecule has 2 aromatic carbocycles. The molecular weight excluding hydrogens is 350 g/mol. The van der Waals surface area contributed by atoms with Crippen LogP contribution in [0, 0.1) is 11.6 Å². The van der Waals surface area contributed by atoms with Crippen molar-refractivity contribution in [3.63, 3.8) is 0 Å². The summed E-state index contributed by atoms with van der Waals surface area (Å²) >= 11 is 0. The minimum Gasteiger partial charge on any atom is -0.378 e. The normalized spacial score (nSPS) is 14.2. The van der Waals surface area contributed by atoms with Gasteiger partial charge < -0.3 is 15.0 Å². The molecule has 0 unspecified atom stereocenters. The zero-order valence-corrected chi connectivity index (χ0v) is 14.5. The quantitative estimate of drug-likeness (QED) is 0.754. The van der Waals surface area contributed by atoms with E-state index in [9.17, 15) is 8.78 Å². The molecule has 1 saturated heterocycles. The number of anilines is 3. The zero-order valence-electron chi connectivity index (χ0n) is 14.5. The SMILES string of the molecule is Fc1ccc(Nc2cc(N3CCOCC3)nc(-c3ccccc3)n2)c(F)c1. The van der Waals surface area contributed by atoms with Gasteiger partial charge in [0.1, 0.15) is 23.3 Å². The highest BCUT2D eigenvalue weighted by atomic mass is 19.1. The van der Waals surface area contributed by atoms with Gasteiger partial charge >= 0.3 is 0 Å². The highest BCUT2D eigenvalue weighted by Crippen LogP contribution is 2.26. The molecule has 0 amide bonds. The molecule has 138 valence electrons. The molecule has 0 saturated carbocycles. The van der Waals surface area contributed by atoms with E-state index in [2.05, 4.69) is 20.2 Å². The lowest BCUT2D eigenvalue weighted by atomic mass is 10.2. The molecule has 0 spiro atoms. The van der Waals surface area contributed by atoms with Gasteiger partial charge in [-0.2, -0.15) is 0 Å². The summed E-state index contributed by atoms with van der Waals surface area (Å²) in [6.07, 6.45) is 0. The van der Waals surface area contributed by atoms with Crippen LogP contribution in [0.5, 0.6) is 0 Å². The number of benzene rings is 2. The van der Waals surface area contributed by atoms with Gasteiger partial charge in [-0.15, -0.1) is 0 Å². The molecular formula is C20H18F2N4O. The standard InChI is InChI=1S/C20H18F2N4O/c21-15-6-7-17(16(22)12-15)23-18-13-19(26-8-10-27-11-9-26)25-20(24-18)14-4-2-1-3-5-14/h1-7,12-13H,8-11H2,(H,23,24,25). The van der Waals surface area contributed by atoms with Crippen molar-refractivity contribution in [2.75, 3.05) is 36.5 Å². The fourth-order valence-electron chi connectivity index (χ4n) is 2.90. The van der Waals surface area contributed by atoms with E-state index >= 15 is 0 Å². The molecule has 2 heterocycles. The number of morpholine rings is 1. The van der Waals surface area contributed by atoms with Gasteiger partial charge in [0.15, 0.2) is 5.82 Å². The maximum absolute atomic E-state index is 14.0. The zero-order chi connectivity index (χ0) is 18.6. The number of nitrogens with zero attached hydrogens (tertiary/aromatic N) is 3. The second-order valence-electron chi connectivity index (χ2n) is 6.15. The predicted molar refractivity (Wildman–Crippen MR) is 100 cm³/mol. The molecule has 4 rings (SSSR count). The first-order chi connectivity index (χ1) is 13.2. The Morgan fingerprint density at radius 3 is 2.44 bits per heavy atom. The van der Waals surface area contributed by atoms with E-state index in [1.54, 1.807) is 6.07 Å². The fraction of sp³-hybridized carbons (Fsp3) is 0.200. The van der Waals surface area contributed by atoms with E-state index in [1.807, 2.05) is 30.3 Å². The summed E-state index contributed by atoms with van der Waals surface area (Å²) in [5, 5.41) is 2.94. The van der Waals surface area contributed by atoms with E-state index in [1.165, 1.54) is 12.1 Å². The lowest BCUT2D eigenvalue weighted by molar-refractivity contribution is 0.122. The Labute approximate surface area is 155 Å². The van der Waals surface area contributed by atoms with Crippen LogP contribution in [0.1, 0.15) is 0 Å². The predicted octanol–water partition coefficient (Wildman–Crippen LogP) is 4.00. The maximum atomic E-state index is 14.0. The monoisotopic (exact) mass is 368 g/mol. The summed E-state index contributed by atoms with van der Waals surface area (Å²) in [5.74, 6) is 0.403. The second kappa shape index (κ2) is 7.67. The maximum Gasteiger partial charge on any atom is 0.163 e. The molecule has 0 aliphatic carbocycles. The van der Waals surface area contributed by atoms with Crippen LogP contribution in [0.4, 0.5) is 26.1 Å². The van der Waals surface area contributed by atoms with Crippen LogP contribution in [0.3, 0.4) is 0 Å². The van der Waals surface area contributed by atoms with Crippen molar-refractivity contribution in [3.8, 4) is 11.4 Å². The van der Waals surface area contributed by atoms with E-state index in [0.29, 0.717) is 24.9 Å². The van der Waals surface area contributed by atoms with E-state index in [0.717, 1.165) is 30.5 Å². The van der Waals surface area contributed by atoms with E-state index in [-0.39, 0.29) is 5.69 Å². The Morgan fingerprint density at radius 2 is 1.70 bits per heavy atom. The summed E-state index contributed by atoms with van der Waals surface area (Å²) in [6, 6.07) is 14.7. The highest BCUT2D eigenvalue weighted by molar-refractivity contribution is 5.65. The first-order valence-corrected chi connectivity index (χ1v) is 8.68. The van der Waals surface area contributed by atoms with Crippen LogP contribution in [-0.2, 0) is 4.74 Å². The van der Waals surface area contributed by atoms with Crippen LogP contribution in [0.15, 0.2) is 54.6 Å². The lowest BCUT2D eigenvalue weighted by Gasteiger charge is -2.28. The minimum atomic E-state index is -0.678. The van der Waals surface area contributed by atoms with Crippen LogP contribution in [0.2, 0.25) is 0 Å². The molecule has 1 fully saturated rings. The van der Waals surface area contributed by atoms with Crippen LogP contribution < -0.4 is 10.2 Å². The lowest BCUT2D eigenvalue weighted by Crippen LogP contribution is -2.36. The average Bonchev–Trinajstić information content (AvgIpc) is 2.71. The molecule has 3 aromatic rings. The Balaban J connectivity index is 1.73. The van der Waals surface area contributed by atoms with E-state index in [4.69, 9.17) is 4.74 Å². The molecule has 0 atom stereocenters. The van der Waals surface area contributed by atoms with Gasteiger partial charge in [-0.05, 0) is 12.1 Å². The Kier molecular flexibility index (Phi) is 4.93.